The molecule has 0 saturated carbocycles. The van der Waals surface area contributed by atoms with Crippen molar-refractivity contribution in [3.63, 3.8) is 0 Å². The minimum absolute atomic E-state index is 0.250. The van der Waals surface area contributed by atoms with Gasteiger partial charge in [-0.1, -0.05) is 36.9 Å². The second-order valence-electron chi connectivity index (χ2n) is 4.06. The summed E-state index contributed by atoms with van der Waals surface area (Å²) in [4.78, 5) is 11.5. The summed E-state index contributed by atoms with van der Waals surface area (Å²) in [6.07, 6.45) is 0.667. The van der Waals surface area contributed by atoms with E-state index in [-0.39, 0.29) is 11.2 Å². The van der Waals surface area contributed by atoms with Crippen molar-refractivity contribution in [2.45, 2.75) is 42.3 Å². The molecule has 0 fully saturated rings. The molecule has 5 nitrogen and oxygen atoms in total. The van der Waals surface area contributed by atoms with E-state index in [1.165, 1.54) is 11.3 Å². The molecule has 0 aromatic carbocycles. The van der Waals surface area contributed by atoms with Gasteiger partial charge in [-0.25, -0.2) is 0 Å². The Morgan fingerprint density at radius 2 is 2.47 bits per heavy atom. The van der Waals surface area contributed by atoms with Crippen LogP contribution in [0.3, 0.4) is 0 Å². The Morgan fingerprint density at radius 3 is 2.94 bits per heavy atom. The average molecular weight is 274 g/mol. The molecular weight excluding hydrogens is 256 g/mol. The first-order chi connectivity index (χ1) is 7.98. The standard InChI is InChI=1S/C10H18N4OS2/c1-4-12-10(3,8(11)15)5-7(2)17-9-14-13-6-16-9/h6-7,12H,4-5H2,1-3H3,(H2,11,15). The second kappa shape index (κ2) is 6.32. The van der Waals surface area contributed by atoms with Crippen LogP contribution in [0.15, 0.2) is 9.85 Å². The molecule has 17 heavy (non-hydrogen) atoms. The van der Waals surface area contributed by atoms with Gasteiger partial charge in [-0.15, -0.1) is 10.2 Å². The molecule has 7 heteroatoms. The predicted octanol–water partition coefficient (Wildman–Crippen LogP) is 1.26. The molecule has 3 N–H and O–H groups in total. The van der Waals surface area contributed by atoms with Crippen LogP contribution in [0.1, 0.15) is 27.2 Å². The first-order valence-electron chi connectivity index (χ1n) is 5.45. The number of carbonyl (C=O) groups is 1. The topological polar surface area (TPSA) is 80.9 Å². The van der Waals surface area contributed by atoms with Gasteiger partial charge in [0, 0.05) is 5.25 Å². The Labute approximate surface area is 110 Å². The van der Waals surface area contributed by atoms with E-state index in [9.17, 15) is 4.79 Å². The summed E-state index contributed by atoms with van der Waals surface area (Å²) in [6.45, 7) is 6.58. The van der Waals surface area contributed by atoms with Crippen LogP contribution in [-0.2, 0) is 4.79 Å². The lowest BCUT2D eigenvalue weighted by Gasteiger charge is -2.29. The third kappa shape index (κ3) is 4.25. The number of nitrogens with zero attached hydrogens (tertiary/aromatic N) is 2. The van der Waals surface area contributed by atoms with E-state index < -0.39 is 5.54 Å². The van der Waals surface area contributed by atoms with Crippen molar-refractivity contribution in [1.82, 2.24) is 15.5 Å². The summed E-state index contributed by atoms with van der Waals surface area (Å²) in [5.74, 6) is -0.316. The zero-order valence-electron chi connectivity index (χ0n) is 10.3. The van der Waals surface area contributed by atoms with Crippen LogP contribution in [-0.4, -0.2) is 33.4 Å². The average Bonchev–Trinajstić information content (AvgIpc) is 2.70. The molecule has 2 atom stereocenters. The van der Waals surface area contributed by atoms with Crippen LogP contribution in [0.5, 0.6) is 0 Å². The van der Waals surface area contributed by atoms with Gasteiger partial charge >= 0.3 is 0 Å². The fourth-order valence-electron chi connectivity index (χ4n) is 1.65. The smallest absolute Gasteiger partial charge is 0.237 e. The third-order valence-corrected chi connectivity index (χ3v) is 4.36. The maximum atomic E-state index is 11.5. The maximum Gasteiger partial charge on any atom is 0.237 e. The first-order valence-corrected chi connectivity index (χ1v) is 7.21. The van der Waals surface area contributed by atoms with Crippen molar-refractivity contribution in [2.75, 3.05) is 6.54 Å². The van der Waals surface area contributed by atoms with Crippen LogP contribution in [0.2, 0.25) is 0 Å². The van der Waals surface area contributed by atoms with Crippen molar-refractivity contribution in [1.29, 1.82) is 0 Å². The SMILES string of the molecule is CCNC(C)(CC(C)Sc1nncs1)C(N)=O. The number of carbonyl (C=O) groups excluding carboxylic acids is 1. The van der Waals surface area contributed by atoms with Gasteiger partial charge in [-0.05, 0) is 19.9 Å². The monoisotopic (exact) mass is 274 g/mol. The molecule has 0 saturated heterocycles. The van der Waals surface area contributed by atoms with Gasteiger partial charge in [0.05, 0.1) is 5.54 Å². The number of nitrogens with two attached hydrogens (primary N) is 1. The van der Waals surface area contributed by atoms with E-state index in [4.69, 9.17) is 5.73 Å². The highest BCUT2D eigenvalue weighted by atomic mass is 32.2. The number of rotatable bonds is 7. The fourth-order valence-corrected chi connectivity index (χ4v) is 3.63. The molecule has 1 aromatic rings. The lowest BCUT2D eigenvalue weighted by molar-refractivity contribution is -0.124. The van der Waals surface area contributed by atoms with E-state index in [0.717, 1.165) is 10.9 Å². The van der Waals surface area contributed by atoms with Gasteiger partial charge in [0.2, 0.25) is 5.91 Å². The van der Waals surface area contributed by atoms with E-state index in [2.05, 4.69) is 22.4 Å². The van der Waals surface area contributed by atoms with Crippen molar-refractivity contribution in [3.05, 3.63) is 5.51 Å². The number of hydrogen-bond acceptors (Lipinski definition) is 6. The molecule has 2 unspecified atom stereocenters. The Morgan fingerprint density at radius 1 is 1.76 bits per heavy atom. The van der Waals surface area contributed by atoms with Crippen LogP contribution >= 0.6 is 23.1 Å². The fraction of sp³-hybridized carbons (Fsp3) is 0.700. The van der Waals surface area contributed by atoms with Gasteiger partial charge in [-0.3, -0.25) is 4.79 Å². The predicted molar refractivity (Wildman–Crippen MR) is 71.1 cm³/mol. The van der Waals surface area contributed by atoms with Crippen LogP contribution in [0.25, 0.3) is 0 Å². The number of likely N-dealkylation sites (N-methyl/N-ethyl adjacent to an activating group) is 1. The first kappa shape index (κ1) is 14.4. The number of hydrogen-bond donors (Lipinski definition) is 2. The van der Waals surface area contributed by atoms with E-state index in [1.54, 1.807) is 17.3 Å². The highest BCUT2D eigenvalue weighted by molar-refractivity contribution is 8.01. The molecule has 96 valence electrons. The van der Waals surface area contributed by atoms with Gasteiger partial charge in [-0.2, -0.15) is 0 Å². The number of amides is 1. The van der Waals surface area contributed by atoms with Gasteiger partial charge in [0.15, 0.2) is 4.34 Å². The summed E-state index contributed by atoms with van der Waals surface area (Å²) in [7, 11) is 0. The number of nitrogens with one attached hydrogen (secondary N) is 1. The molecule has 1 heterocycles. The molecular formula is C10H18N4OS2. The summed E-state index contributed by atoms with van der Waals surface area (Å²) < 4.78 is 0.917. The molecule has 0 bridgehead atoms. The Kier molecular flexibility index (Phi) is 5.35. The molecule has 0 aliphatic carbocycles. The normalized spacial score (nSPS) is 16.4. The van der Waals surface area contributed by atoms with E-state index >= 15 is 0 Å². The Hall–Kier alpha value is -0.660. The van der Waals surface area contributed by atoms with E-state index in [0.29, 0.717) is 6.42 Å². The number of primary amides is 1. The molecule has 0 spiro atoms. The molecule has 1 aromatic heterocycles. The second-order valence-corrected chi connectivity index (χ2v) is 6.58. The zero-order chi connectivity index (χ0) is 12.9. The summed E-state index contributed by atoms with van der Waals surface area (Å²) >= 11 is 3.12. The van der Waals surface area contributed by atoms with Crippen molar-refractivity contribution in [3.8, 4) is 0 Å². The summed E-state index contributed by atoms with van der Waals surface area (Å²) in [5, 5.41) is 11.2. The summed E-state index contributed by atoms with van der Waals surface area (Å²) in [6, 6.07) is 0. The van der Waals surface area contributed by atoms with Crippen molar-refractivity contribution in [2.24, 2.45) is 5.73 Å². The van der Waals surface area contributed by atoms with Gasteiger partial charge in [0.1, 0.15) is 5.51 Å². The molecule has 0 aliphatic rings. The van der Waals surface area contributed by atoms with Crippen molar-refractivity contribution >= 4 is 29.0 Å². The lowest BCUT2D eigenvalue weighted by Crippen LogP contribution is -2.54. The maximum absolute atomic E-state index is 11.5. The third-order valence-electron chi connectivity index (χ3n) is 2.45. The number of aromatic nitrogens is 2. The highest BCUT2D eigenvalue weighted by Crippen LogP contribution is 2.29. The molecule has 1 rings (SSSR count). The zero-order valence-corrected chi connectivity index (χ0v) is 11.9. The van der Waals surface area contributed by atoms with Crippen LogP contribution < -0.4 is 11.1 Å². The quantitative estimate of drug-likeness (QED) is 0.732. The summed E-state index contributed by atoms with van der Waals surface area (Å²) in [5.41, 5.74) is 6.48. The van der Waals surface area contributed by atoms with Crippen LogP contribution in [0.4, 0.5) is 0 Å². The minimum atomic E-state index is -0.661. The minimum Gasteiger partial charge on any atom is -0.368 e. The highest BCUT2D eigenvalue weighted by Gasteiger charge is 2.32. The van der Waals surface area contributed by atoms with Crippen LogP contribution in [0, 0.1) is 0 Å². The molecule has 0 radical (unpaired) electrons. The van der Waals surface area contributed by atoms with Gasteiger partial charge in [0.25, 0.3) is 0 Å². The molecule has 0 aliphatic heterocycles. The van der Waals surface area contributed by atoms with Gasteiger partial charge < -0.3 is 11.1 Å². The van der Waals surface area contributed by atoms with E-state index in [1.807, 2.05) is 13.8 Å². The number of thioether (sulfide) groups is 1. The molecule has 1 amide bonds. The van der Waals surface area contributed by atoms with Crippen molar-refractivity contribution < 1.29 is 4.79 Å². The largest absolute Gasteiger partial charge is 0.368 e. The Bertz CT molecular complexity index is 357. The Balaban J connectivity index is 2.58. The lowest BCUT2D eigenvalue weighted by atomic mass is 9.95.